The van der Waals surface area contributed by atoms with Crippen LogP contribution in [0.1, 0.15) is 21.5 Å². The lowest BCUT2D eigenvalue weighted by molar-refractivity contribution is -0.137. The van der Waals surface area contributed by atoms with Crippen LogP contribution in [0, 0.1) is 0 Å². The number of ether oxygens (including phenoxy) is 1. The number of pyridine rings is 1. The highest BCUT2D eigenvalue weighted by molar-refractivity contribution is 6.08. The third kappa shape index (κ3) is 5.04. The van der Waals surface area contributed by atoms with E-state index in [0.29, 0.717) is 17.8 Å². The number of halogens is 3. The number of carbonyl (C=O) groups excluding carboxylic acids is 1. The summed E-state index contributed by atoms with van der Waals surface area (Å²) in [5, 5.41) is 5.68. The molecule has 3 rings (SSSR count). The third-order valence-electron chi connectivity index (χ3n) is 4.18. The van der Waals surface area contributed by atoms with E-state index in [1.54, 1.807) is 36.7 Å². The van der Waals surface area contributed by atoms with Crippen LogP contribution in [0.2, 0.25) is 0 Å². The zero-order valence-corrected chi connectivity index (χ0v) is 15.5. The van der Waals surface area contributed by atoms with Gasteiger partial charge >= 0.3 is 6.18 Å². The Bertz CT molecular complexity index is 992. The van der Waals surface area contributed by atoms with Crippen molar-refractivity contribution in [1.82, 2.24) is 4.98 Å². The maximum absolute atomic E-state index is 13.0. The molecule has 1 aromatic heterocycles. The lowest BCUT2D eigenvalue weighted by Gasteiger charge is -2.15. The number of methoxy groups -OCH3 is 1. The monoisotopic (exact) mass is 401 g/mol. The van der Waals surface area contributed by atoms with Gasteiger partial charge in [-0.3, -0.25) is 9.78 Å². The first-order chi connectivity index (χ1) is 13.9. The summed E-state index contributed by atoms with van der Waals surface area (Å²) < 4.78 is 44.1. The minimum Gasteiger partial charge on any atom is -0.495 e. The van der Waals surface area contributed by atoms with E-state index in [9.17, 15) is 18.0 Å². The maximum Gasteiger partial charge on any atom is 0.416 e. The first kappa shape index (κ1) is 20.2. The Labute approximate surface area is 165 Å². The molecule has 0 aliphatic rings. The molecular weight excluding hydrogens is 383 g/mol. The van der Waals surface area contributed by atoms with Gasteiger partial charge in [-0.1, -0.05) is 12.1 Å². The van der Waals surface area contributed by atoms with Crippen molar-refractivity contribution < 1.29 is 22.7 Å². The second-order valence-electron chi connectivity index (χ2n) is 6.12. The second kappa shape index (κ2) is 8.64. The Morgan fingerprint density at radius 3 is 2.45 bits per heavy atom. The van der Waals surface area contributed by atoms with Crippen molar-refractivity contribution in [3.05, 3.63) is 83.7 Å². The highest BCUT2D eigenvalue weighted by Gasteiger charge is 2.31. The van der Waals surface area contributed by atoms with E-state index in [4.69, 9.17) is 4.74 Å². The Balaban J connectivity index is 1.83. The predicted octanol–water partition coefficient (Wildman–Crippen LogP) is 4.97. The molecule has 0 saturated carbocycles. The molecular formula is C21H18F3N3O2. The molecule has 0 aliphatic carbocycles. The summed E-state index contributed by atoms with van der Waals surface area (Å²) >= 11 is 0. The Hall–Kier alpha value is -3.55. The van der Waals surface area contributed by atoms with Crippen molar-refractivity contribution in [3.63, 3.8) is 0 Å². The number of benzene rings is 2. The Morgan fingerprint density at radius 1 is 1.03 bits per heavy atom. The van der Waals surface area contributed by atoms with Gasteiger partial charge in [-0.25, -0.2) is 0 Å². The number of amides is 1. The number of para-hydroxylation sites is 1. The van der Waals surface area contributed by atoms with E-state index in [0.717, 1.165) is 17.7 Å². The lowest BCUT2D eigenvalue weighted by atomic mass is 10.1. The number of rotatable bonds is 6. The largest absolute Gasteiger partial charge is 0.495 e. The molecule has 0 unspecified atom stereocenters. The Kier molecular flexibility index (Phi) is 6.01. The number of alkyl halides is 3. The average Bonchev–Trinajstić information content (AvgIpc) is 2.72. The van der Waals surface area contributed by atoms with Gasteiger partial charge in [-0.05, 0) is 48.0 Å². The molecule has 29 heavy (non-hydrogen) atoms. The summed E-state index contributed by atoms with van der Waals surface area (Å²) in [5.74, 6) is -0.422. The predicted molar refractivity (Wildman–Crippen MR) is 104 cm³/mol. The van der Waals surface area contributed by atoms with E-state index in [1.807, 2.05) is 12.1 Å². The van der Waals surface area contributed by atoms with E-state index in [1.165, 1.54) is 13.2 Å². The first-order valence-corrected chi connectivity index (χ1v) is 8.67. The zero-order chi connectivity index (χ0) is 20.9. The minimum absolute atomic E-state index is 0.0590. The van der Waals surface area contributed by atoms with Crippen LogP contribution in [-0.4, -0.2) is 18.0 Å². The third-order valence-corrected chi connectivity index (χ3v) is 4.18. The molecule has 2 aromatic carbocycles. The Morgan fingerprint density at radius 2 is 1.76 bits per heavy atom. The molecule has 5 nitrogen and oxygen atoms in total. The number of hydrogen-bond donors (Lipinski definition) is 2. The summed E-state index contributed by atoms with van der Waals surface area (Å²) in [6, 6.07) is 13.3. The fourth-order valence-electron chi connectivity index (χ4n) is 2.70. The second-order valence-corrected chi connectivity index (χ2v) is 6.12. The van der Waals surface area contributed by atoms with Crippen LogP contribution in [0.5, 0.6) is 5.75 Å². The molecule has 1 amide bonds. The summed E-state index contributed by atoms with van der Waals surface area (Å²) in [5.41, 5.74) is 0.873. The average molecular weight is 401 g/mol. The van der Waals surface area contributed by atoms with Crippen molar-refractivity contribution in [2.45, 2.75) is 12.7 Å². The van der Waals surface area contributed by atoms with Crippen LogP contribution in [0.3, 0.4) is 0 Å². The fraction of sp³-hybridized carbons (Fsp3) is 0.143. The molecule has 0 saturated heterocycles. The van der Waals surface area contributed by atoms with Crippen molar-refractivity contribution in [3.8, 4) is 5.75 Å². The van der Waals surface area contributed by atoms with E-state index in [2.05, 4.69) is 15.6 Å². The van der Waals surface area contributed by atoms with Crippen LogP contribution in [0.15, 0.2) is 67.0 Å². The maximum atomic E-state index is 13.0. The molecule has 0 fully saturated rings. The van der Waals surface area contributed by atoms with Gasteiger partial charge < -0.3 is 15.4 Å². The number of nitrogens with zero attached hydrogens (tertiary/aromatic N) is 1. The van der Waals surface area contributed by atoms with Crippen molar-refractivity contribution in [2.75, 3.05) is 17.7 Å². The van der Waals surface area contributed by atoms with Crippen LogP contribution >= 0.6 is 0 Å². The van der Waals surface area contributed by atoms with Gasteiger partial charge in [0.1, 0.15) is 5.75 Å². The van der Waals surface area contributed by atoms with Gasteiger partial charge in [0, 0.05) is 24.6 Å². The number of carbonyl (C=O) groups is 1. The minimum atomic E-state index is -4.53. The van der Waals surface area contributed by atoms with Gasteiger partial charge in [-0.15, -0.1) is 0 Å². The van der Waals surface area contributed by atoms with Gasteiger partial charge in [-0.2, -0.15) is 13.2 Å². The van der Waals surface area contributed by atoms with E-state index < -0.39 is 17.6 Å². The molecule has 2 N–H and O–H groups in total. The molecule has 3 aromatic rings. The quantitative estimate of drug-likeness (QED) is 0.612. The SMILES string of the molecule is COc1ccc(C(F)(F)F)cc1NC(=O)c1ccccc1NCc1ccncc1. The summed E-state index contributed by atoms with van der Waals surface area (Å²) in [4.78, 5) is 16.7. The van der Waals surface area contributed by atoms with Gasteiger partial charge in [0.15, 0.2) is 0 Å². The molecule has 0 bridgehead atoms. The number of aromatic nitrogens is 1. The van der Waals surface area contributed by atoms with Crippen LogP contribution in [0.25, 0.3) is 0 Å². The fourth-order valence-corrected chi connectivity index (χ4v) is 2.70. The smallest absolute Gasteiger partial charge is 0.416 e. The number of anilines is 2. The number of hydrogen-bond acceptors (Lipinski definition) is 4. The van der Waals surface area contributed by atoms with E-state index in [-0.39, 0.29) is 11.4 Å². The standard InChI is InChI=1S/C21H18F3N3O2/c1-29-19-7-6-15(21(22,23)24)12-18(19)27-20(28)16-4-2-3-5-17(16)26-13-14-8-10-25-11-9-14/h2-12,26H,13H2,1H3,(H,27,28). The van der Waals surface area contributed by atoms with Crippen LogP contribution < -0.4 is 15.4 Å². The summed E-state index contributed by atoms with van der Waals surface area (Å²) in [6.45, 7) is 0.458. The highest BCUT2D eigenvalue weighted by atomic mass is 19.4. The molecule has 1 heterocycles. The van der Waals surface area contributed by atoms with E-state index >= 15 is 0 Å². The van der Waals surface area contributed by atoms with Crippen LogP contribution in [0.4, 0.5) is 24.5 Å². The molecule has 0 aliphatic heterocycles. The first-order valence-electron chi connectivity index (χ1n) is 8.67. The normalized spacial score (nSPS) is 11.0. The molecule has 8 heteroatoms. The van der Waals surface area contributed by atoms with Crippen molar-refractivity contribution in [1.29, 1.82) is 0 Å². The highest BCUT2D eigenvalue weighted by Crippen LogP contribution is 2.35. The van der Waals surface area contributed by atoms with Crippen LogP contribution in [-0.2, 0) is 12.7 Å². The van der Waals surface area contributed by atoms with Gasteiger partial charge in [0.2, 0.25) is 0 Å². The lowest BCUT2D eigenvalue weighted by Crippen LogP contribution is -2.16. The zero-order valence-electron chi connectivity index (χ0n) is 15.5. The molecule has 0 atom stereocenters. The molecule has 0 spiro atoms. The summed E-state index contributed by atoms with van der Waals surface area (Å²) in [7, 11) is 1.32. The van der Waals surface area contributed by atoms with Gasteiger partial charge in [0.05, 0.1) is 23.9 Å². The molecule has 0 radical (unpaired) electrons. The van der Waals surface area contributed by atoms with Crippen molar-refractivity contribution in [2.24, 2.45) is 0 Å². The number of nitrogens with one attached hydrogen (secondary N) is 2. The summed E-state index contributed by atoms with van der Waals surface area (Å²) in [6.07, 6.45) is -1.21. The molecule has 150 valence electrons. The van der Waals surface area contributed by atoms with Crippen molar-refractivity contribution >= 4 is 17.3 Å². The van der Waals surface area contributed by atoms with Gasteiger partial charge in [0.25, 0.3) is 5.91 Å². The topological polar surface area (TPSA) is 63.2 Å².